The molecule has 0 fully saturated rings. The Morgan fingerprint density at radius 3 is 2.53 bits per heavy atom. The van der Waals surface area contributed by atoms with Crippen LogP contribution in [-0.2, 0) is 4.79 Å². The van der Waals surface area contributed by atoms with E-state index < -0.39 is 12.0 Å². The minimum absolute atomic E-state index is 0.379. The van der Waals surface area contributed by atoms with Crippen molar-refractivity contribution in [3.63, 3.8) is 0 Å². The van der Waals surface area contributed by atoms with Gasteiger partial charge in [0.2, 0.25) is 0 Å². The van der Waals surface area contributed by atoms with Gasteiger partial charge in [0.05, 0.1) is 11.4 Å². The van der Waals surface area contributed by atoms with Gasteiger partial charge in [0, 0.05) is 20.1 Å². The fraction of sp³-hybridized carbons (Fsp3) is 0.385. The Balaban J connectivity index is 2.20. The highest BCUT2D eigenvalue weighted by atomic mass is 16.4. The molecule has 1 aliphatic rings. The van der Waals surface area contributed by atoms with E-state index in [0.717, 1.165) is 11.4 Å². The first-order valence-electron chi connectivity index (χ1n) is 6.11. The number of carbonyl (C=O) groups excluding carboxylic acids is 1. The Bertz CT molecular complexity index is 504. The van der Waals surface area contributed by atoms with Gasteiger partial charge >= 0.3 is 12.0 Å². The highest BCUT2D eigenvalue weighted by Gasteiger charge is 2.26. The van der Waals surface area contributed by atoms with Crippen molar-refractivity contribution in [2.45, 2.75) is 13.0 Å². The van der Waals surface area contributed by atoms with E-state index in [1.54, 1.807) is 4.90 Å². The molecule has 2 rings (SSSR count). The van der Waals surface area contributed by atoms with Crippen LogP contribution in [-0.4, -0.2) is 43.3 Å². The van der Waals surface area contributed by atoms with Gasteiger partial charge in [-0.25, -0.2) is 4.79 Å². The zero-order valence-electron chi connectivity index (χ0n) is 11.0. The third-order valence-electron chi connectivity index (χ3n) is 3.20. The minimum atomic E-state index is -1.05. The number of carbonyl (C=O) groups is 2. The maximum atomic E-state index is 12.1. The molecule has 6 nitrogen and oxygen atoms in total. The summed E-state index contributed by atoms with van der Waals surface area (Å²) in [5, 5.41) is 11.3. The molecular formula is C13H17N3O3. The molecule has 2 amide bonds. The number of amides is 2. The van der Waals surface area contributed by atoms with Crippen molar-refractivity contribution >= 4 is 23.4 Å². The van der Waals surface area contributed by atoms with Crippen molar-refractivity contribution in [2.24, 2.45) is 0 Å². The molecule has 0 spiro atoms. The number of urea groups is 1. The van der Waals surface area contributed by atoms with E-state index in [1.165, 1.54) is 6.92 Å². The molecule has 0 bridgehead atoms. The van der Waals surface area contributed by atoms with Gasteiger partial charge in [-0.15, -0.1) is 0 Å². The summed E-state index contributed by atoms with van der Waals surface area (Å²) >= 11 is 0. The number of nitrogens with zero attached hydrogens (tertiary/aromatic N) is 2. The lowest BCUT2D eigenvalue weighted by molar-refractivity contribution is -0.138. The molecule has 1 atom stereocenters. The fourth-order valence-corrected chi connectivity index (χ4v) is 2.04. The summed E-state index contributed by atoms with van der Waals surface area (Å²) in [7, 11) is 1.97. The number of nitrogens with one attached hydrogen (secondary N) is 1. The summed E-state index contributed by atoms with van der Waals surface area (Å²) in [4.78, 5) is 26.5. The number of fused-ring (bicyclic) bond motifs is 1. The molecule has 0 saturated carbocycles. The van der Waals surface area contributed by atoms with Crippen LogP contribution in [0, 0.1) is 0 Å². The van der Waals surface area contributed by atoms with Gasteiger partial charge < -0.3 is 15.3 Å². The molecule has 0 saturated heterocycles. The quantitative estimate of drug-likeness (QED) is 0.838. The van der Waals surface area contributed by atoms with Crippen LogP contribution >= 0.6 is 0 Å². The molecule has 0 radical (unpaired) electrons. The number of likely N-dealkylation sites (N-methyl/N-ethyl adjacent to an activating group) is 1. The number of benzene rings is 1. The number of anilines is 2. The average molecular weight is 263 g/mol. The Kier molecular flexibility index (Phi) is 3.59. The first-order valence-corrected chi connectivity index (χ1v) is 6.11. The maximum Gasteiger partial charge on any atom is 0.325 e. The van der Waals surface area contributed by atoms with Crippen molar-refractivity contribution in [2.75, 3.05) is 29.9 Å². The third kappa shape index (κ3) is 2.62. The molecule has 1 aromatic rings. The maximum absolute atomic E-state index is 12.1. The van der Waals surface area contributed by atoms with Gasteiger partial charge in [0.15, 0.2) is 0 Å². The summed E-state index contributed by atoms with van der Waals surface area (Å²) < 4.78 is 0. The molecule has 1 heterocycles. The second-order valence-electron chi connectivity index (χ2n) is 4.57. The van der Waals surface area contributed by atoms with Crippen LogP contribution in [0.2, 0.25) is 0 Å². The van der Waals surface area contributed by atoms with Gasteiger partial charge in [0.1, 0.15) is 6.04 Å². The first kappa shape index (κ1) is 13.2. The third-order valence-corrected chi connectivity index (χ3v) is 3.20. The number of hydrogen-bond acceptors (Lipinski definition) is 3. The molecule has 0 aromatic heterocycles. The Morgan fingerprint density at radius 1 is 1.26 bits per heavy atom. The van der Waals surface area contributed by atoms with E-state index in [-0.39, 0.29) is 6.03 Å². The SMILES string of the molecule is C[C@H](NC(=O)N1CCN(C)c2ccccc21)C(=O)O. The topological polar surface area (TPSA) is 72.9 Å². The predicted molar refractivity (Wildman–Crippen MR) is 72.7 cm³/mol. The largest absolute Gasteiger partial charge is 0.480 e. The minimum Gasteiger partial charge on any atom is -0.480 e. The summed E-state index contributed by atoms with van der Waals surface area (Å²) in [5.41, 5.74) is 1.76. The second-order valence-corrected chi connectivity index (χ2v) is 4.57. The average Bonchev–Trinajstić information content (AvgIpc) is 2.39. The van der Waals surface area contributed by atoms with E-state index in [9.17, 15) is 9.59 Å². The molecule has 2 N–H and O–H groups in total. The highest BCUT2D eigenvalue weighted by molar-refractivity contribution is 5.98. The van der Waals surface area contributed by atoms with Crippen molar-refractivity contribution in [1.29, 1.82) is 0 Å². The normalized spacial score (nSPS) is 15.7. The van der Waals surface area contributed by atoms with Crippen LogP contribution in [0.3, 0.4) is 0 Å². The monoisotopic (exact) mass is 263 g/mol. The molecule has 102 valence electrons. The number of rotatable bonds is 2. The van der Waals surface area contributed by atoms with Crippen LogP contribution in [0.25, 0.3) is 0 Å². The van der Waals surface area contributed by atoms with E-state index >= 15 is 0 Å². The standard InChI is InChI=1S/C13H17N3O3/c1-9(12(17)18)14-13(19)16-8-7-15(2)10-5-3-4-6-11(10)16/h3-6,9H,7-8H2,1-2H3,(H,14,19)(H,17,18)/t9-/m0/s1. The van der Waals surface area contributed by atoms with Gasteiger partial charge in [-0.2, -0.15) is 0 Å². The van der Waals surface area contributed by atoms with Crippen LogP contribution < -0.4 is 15.1 Å². The molecule has 0 aliphatic carbocycles. The molecule has 1 aromatic carbocycles. The van der Waals surface area contributed by atoms with Crippen molar-refractivity contribution in [3.8, 4) is 0 Å². The number of hydrogen-bond donors (Lipinski definition) is 2. The smallest absolute Gasteiger partial charge is 0.325 e. The van der Waals surface area contributed by atoms with Gasteiger partial charge in [-0.3, -0.25) is 9.69 Å². The van der Waals surface area contributed by atoms with Gasteiger partial charge in [-0.05, 0) is 19.1 Å². The molecule has 1 aliphatic heterocycles. The van der Waals surface area contributed by atoms with Crippen LogP contribution in [0.5, 0.6) is 0 Å². The van der Waals surface area contributed by atoms with Crippen molar-refractivity contribution in [3.05, 3.63) is 24.3 Å². The zero-order valence-corrected chi connectivity index (χ0v) is 11.0. The molecular weight excluding hydrogens is 246 g/mol. The van der Waals surface area contributed by atoms with Crippen molar-refractivity contribution < 1.29 is 14.7 Å². The second kappa shape index (κ2) is 5.17. The van der Waals surface area contributed by atoms with E-state index in [0.29, 0.717) is 13.1 Å². The van der Waals surface area contributed by atoms with Crippen molar-refractivity contribution in [1.82, 2.24) is 5.32 Å². The van der Waals surface area contributed by atoms with Gasteiger partial charge in [-0.1, -0.05) is 12.1 Å². The fourth-order valence-electron chi connectivity index (χ4n) is 2.04. The lowest BCUT2D eigenvalue weighted by atomic mass is 10.2. The van der Waals surface area contributed by atoms with E-state index in [1.807, 2.05) is 31.3 Å². The summed E-state index contributed by atoms with van der Waals surface area (Å²) in [6.07, 6.45) is 0. The van der Waals surface area contributed by atoms with Crippen LogP contribution in [0.1, 0.15) is 6.92 Å². The molecule has 6 heteroatoms. The summed E-state index contributed by atoms with van der Waals surface area (Å²) in [6.45, 7) is 2.69. The number of carboxylic acid groups (broad SMARTS) is 1. The Labute approximate surface area is 111 Å². The van der Waals surface area contributed by atoms with Crippen LogP contribution in [0.15, 0.2) is 24.3 Å². The first-order chi connectivity index (χ1) is 9.00. The predicted octanol–water partition coefficient (Wildman–Crippen LogP) is 1.13. The van der Waals surface area contributed by atoms with Crippen LogP contribution in [0.4, 0.5) is 16.2 Å². The highest BCUT2D eigenvalue weighted by Crippen LogP contribution is 2.31. The number of para-hydroxylation sites is 2. The Morgan fingerprint density at radius 2 is 1.89 bits per heavy atom. The number of carboxylic acids is 1. The number of aliphatic carboxylic acids is 1. The Hall–Kier alpha value is -2.24. The summed E-state index contributed by atoms with van der Waals surface area (Å²) in [5.74, 6) is -1.05. The lowest BCUT2D eigenvalue weighted by Gasteiger charge is -2.35. The van der Waals surface area contributed by atoms with E-state index in [4.69, 9.17) is 5.11 Å². The lowest BCUT2D eigenvalue weighted by Crippen LogP contribution is -2.51. The van der Waals surface area contributed by atoms with Gasteiger partial charge in [0.25, 0.3) is 0 Å². The van der Waals surface area contributed by atoms with E-state index in [2.05, 4.69) is 10.2 Å². The molecule has 0 unspecified atom stereocenters. The molecule has 19 heavy (non-hydrogen) atoms. The summed E-state index contributed by atoms with van der Waals surface area (Å²) in [6, 6.07) is 6.29. The zero-order chi connectivity index (χ0) is 14.0.